The third kappa shape index (κ3) is 7.90. The number of aliphatic hydroxyl groups excluding tert-OH is 1. The van der Waals surface area contributed by atoms with E-state index in [0.29, 0.717) is 25.0 Å². The summed E-state index contributed by atoms with van der Waals surface area (Å²) in [4.78, 5) is 16.5. The van der Waals surface area contributed by atoms with Crippen LogP contribution in [0, 0.1) is 0 Å². The fourth-order valence-electron chi connectivity index (χ4n) is 4.09. The predicted molar refractivity (Wildman–Crippen MR) is 143 cm³/mol. The Kier molecular flexibility index (Phi) is 10.2. The molecule has 35 heavy (non-hydrogen) atoms. The molecule has 0 spiro atoms. The monoisotopic (exact) mass is 471 g/mol. The highest BCUT2D eigenvalue weighted by Crippen LogP contribution is 2.26. The lowest BCUT2D eigenvalue weighted by Crippen LogP contribution is -2.09. The summed E-state index contributed by atoms with van der Waals surface area (Å²) in [5.74, 6) is -0.371. The predicted octanol–water partition coefficient (Wildman–Crippen LogP) is 6.74. The van der Waals surface area contributed by atoms with Crippen molar-refractivity contribution in [2.45, 2.75) is 58.8 Å². The maximum atomic E-state index is 11.7. The molecule has 0 aliphatic heterocycles. The molecular weight excluding hydrogens is 434 g/mol. The van der Waals surface area contributed by atoms with Crippen LogP contribution in [-0.4, -0.2) is 29.3 Å². The standard InChI is InChI=1S/C31H37NO3/c1-4-5-6-8-24-10-12-26(13-11-24)29-16-17-30(32-22-29)28-15-14-25(9-7-19-33)27(21-28)18-20-35-31(34)23(2)3/h10-17,21-22,33H,2,4-9,18-20H2,1,3H3. The SMILES string of the molecule is C=C(C)C(=O)OCCc1cc(-c2ccc(-c3ccc(CCCCC)cc3)cn2)ccc1CCCO. The van der Waals surface area contributed by atoms with Crippen LogP contribution in [0.25, 0.3) is 22.4 Å². The molecule has 1 N–H and O–H groups in total. The molecule has 1 aromatic heterocycles. The van der Waals surface area contributed by atoms with Crippen molar-refractivity contribution in [3.8, 4) is 22.4 Å². The van der Waals surface area contributed by atoms with Gasteiger partial charge in [0.25, 0.3) is 0 Å². The molecule has 1 heterocycles. The molecule has 0 saturated carbocycles. The summed E-state index contributed by atoms with van der Waals surface area (Å²) in [5.41, 5.74) is 8.24. The maximum Gasteiger partial charge on any atom is 0.333 e. The third-order valence-electron chi connectivity index (χ3n) is 6.18. The van der Waals surface area contributed by atoms with Gasteiger partial charge in [-0.05, 0) is 67.0 Å². The van der Waals surface area contributed by atoms with Gasteiger partial charge < -0.3 is 9.84 Å². The molecule has 0 aliphatic carbocycles. The lowest BCUT2D eigenvalue weighted by atomic mass is 9.96. The van der Waals surface area contributed by atoms with Crippen LogP contribution >= 0.6 is 0 Å². The molecule has 0 amide bonds. The van der Waals surface area contributed by atoms with Crippen LogP contribution in [0.3, 0.4) is 0 Å². The Hall–Kier alpha value is -3.24. The zero-order valence-electron chi connectivity index (χ0n) is 21.1. The molecule has 0 saturated heterocycles. The number of hydrogen-bond donors (Lipinski definition) is 1. The molecule has 0 fully saturated rings. The molecule has 0 unspecified atom stereocenters. The number of aliphatic hydroxyl groups is 1. The van der Waals surface area contributed by atoms with Crippen LogP contribution in [0.5, 0.6) is 0 Å². The van der Waals surface area contributed by atoms with Gasteiger partial charge in [-0.15, -0.1) is 0 Å². The molecule has 2 aromatic carbocycles. The third-order valence-corrected chi connectivity index (χ3v) is 6.18. The molecule has 3 aromatic rings. The van der Waals surface area contributed by atoms with E-state index < -0.39 is 0 Å². The molecule has 184 valence electrons. The quantitative estimate of drug-likeness (QED) is 0.170. The first-order chi connectivity index (χ1) is 17.0. The number of benzene rings is 2. The first kappa shape index (κ1) is 26.4. The van der Waals surface area contributed by atoms with Crippen LogP contribution in [0.1, 0.15) is 56.2 Å². The van der Waals surface area contributed by atoms with E-state index in [1.54, 1.807) is 6.92 Å². The van der Waals surface area contributed by atoms with Gasteiger partial charge in [-0.1, -0.05) is 68.8 Å². The van der Waals surface area contributed by atoms with Crippen LogP contribution < -0.4 is 0 Å². The van der Waals surface area contributed by atoms with E-state index in [9.17, 15) is 9.90 Å². The molecule has 4 heteroatoms. The minimum absolute atomic E-state index is 0.147. The van der Waals surface area contributed by atoms with Crippen LogP contribution in [0.15, 0.2) is 72.9 Å². The van der Waals surface area contributed by atoms with Crippen molar-refractivity contribution in [3.05, 3.63) is 89.6 Å². The Labute approximate surface area is 209 Å². The second-order valence-corrected chi connectivity index (χ2v) is 9.06. The van der Waals surface area contributed by atoms with Gasteiger partial charge >= 0.3 is 5.97 Å². The Morgan fingerprint density at radius 2 is 1.63 bits per heavy atom. The van der Waals surface area contributed by atoms with Crippen LogP contribution in [-0.2, 0) is 28.8 Å². The molecule has 0 bridgehead atoms. The highest BCUT2D eigenvalue weighted by atomic mass is 16.5. The average molecular weight is 472 g/mol. The minimum Gasteiger partial charge on any atom is -0.462 e. The van der Waals surface area contributed by atoms with E-state index in [1.807, 2.05) is 6.20 Å². The van der Waals surface area contributed by atoms with Crippen LogP contribution in [0.4, 0.5) is 0 Å². The van der Waals surface area contributed by atoms with Gasteiger partial charge in [-0.3, -0.25) is 4.98 Å². The zero-order chi connectivity index (χ0) is 25.0. The van der Waals surface area contributed by atoms with E-state index in [4.69, 9.17) is 9.72 Å². The van der Waals surface area contributed by atoms with Gasteiger partial charge in [0.2, 0.25) is 0 Å². The number of ether oxygens (including phenoxy) is 1. The summed E-state index contributed by atoms with van der Waals surface area (Å²) in [6, 6.07) is 19.2. The van der Waals surface area contributed by atoms with E-state index in [0.717, 1.165) is 40.8 Å². The zero-order valence-corrected chi connectivity index (χ0v) is 21.1. The van der Waals surface area contributed by atoms with E-state index in [2.05, 4.69) is 68.1 Å². The van der Waals surface area contributed by atoms with Crippen LogP contribution in [0.2, 0.25) is 0 Å². The van der Waals surface area contributed by atoms with Gasteiger partial charge in [0.15, 0.2) is 0 Å². The summed E-state index contributed by atoms with van der Waals surface area (Å²) in [6.07, 6.45) is 8.90. The lowest BCUT2D eigenvalue weighted by Gasteiger charge is -2.13. The van der Waals surface area contributed by atoms with Crippen molar-refractivity contribution in [1.82, 2.24) is 4.98 Å². The average Bonchev–Trinajstić information content (AvgIpc) is 2.88. The Bertz CT molecular complexity index is 1100. The second-order valence-electron chi connectivity index (χ2n) is 9.06. The number of pyridine rings is 1. The summed E-state index contributed by atoms with van der Waals surface area (Å²) in [7, 11) is 0. The summed E-state index contributed by atoms with van der Waals surface area (Å²) < 4.78 is 5.31. The normalized spacial score (nSPS) is 10.8. The molecule has 0 atom stereocenters. The van der Waals surface area contributed by atoms with E-state index in [-0.39, 0.29) is 12.6 Å². The number of unbranched alkanes of at least 4 members (excludes halogenated alkanes) is 2. The second kappa shape index (κ2) is 13.6. The number of rotatable bonds is 13. The van der Waals surface area contributed by atoms with Gasteiger partial charge in [-0.2, -0.15) is 0 Å². The van der Waals surface area contributed by atoms with Crippen molar-refractivity contribution in [1.29, 1.82) is 0 Å². The Balaban J connectivity index is 1.73. The van der Waals surface area contributed by atoms with E-state index >= 15 is 0 Å². The van der Waals surface area contributed by atoms with Crippen molar-refractivity contribution < 1.29 is 14.6 Å². The molecule has 0 aliphatic rings. The topological polar surface area (TPSA) is 59.4 Å². The number of carbonyl (C=O) groups is 1. The van der Waals surface area contributed by atoms with E-state index in [1.165, 1.54) is 30.4 Å². The summed E-state index contributed by atoms with van der Waals surface area (Å²) >= 11 is 0. The fraction of sp³-hybridized carbons (Fsp3) is 0.355. The maximum absolute atomic E-state index is 11.7. The lowest BCUT2D eigenvalue weighted by molar-refractivity contribution is -0.138. The number of carbonyl (C=O) groups excluding carboxylic acids is 1. The minimum atomic E-state index is -0.371. The molecular formula is C31H37NO3. The largest absolute Gasteiger partial charge is 0.462 e. The van der Waals surface area contributed by atoms with Gasteiger partial charge in [-0.25, -0.2) is 4.79 Å². The summed E-state index contributed by atoms with van der Waals surface area (Å²) in [5, 5.41) is 9.26. The van der Waals surface area contributed by atoms with Gasteiger partial charge in [0.05, 0.1) is 12.3 Å². The van der Waals surface area contributed by atoms with Crippen molar-refractivity contribution >= 4 is 5.97 Å². The first-order valence-corrected chi connectivity index (χ1v) is 12.6. The summed E-state index contributed by atoms with van der Waals surface area (Å²) in [6.45, 7) is 7.95. The first-order valence-electron chi connectivity index (χ1n) is 12.6. The van der Waals surface area contributed by atoms with Crippen molar-refractivity contribution in [3.63, 3.8) is 0 Å². The molecule has 4 nitrogen and oxygen atoms in total. The van der Waals surface area contributed by atoms with Gasteiger partial charge in [0, 0.05) is 35.9 Å². The Morgan fingerprint density at radius 1 is 0.886 bits per heavy atom. The number of nitrogens with zero attached hydrogens (tertiary/aromatic N) is 1. The van der Waals surface area contributed by atoms with Gasteiger partial charge in [0.1, 0.15) is 0 Å². The molecule has 0 radical (unpaired) electrons. The smallest absolute Gasteiger partial charge is 0.333 e. The molecule has 3 rings (SSSR count). The number of esters is 1. The number of aryl methyl sites for hydroxylation is 2. The number of aromatic nitrogens is 1. The number of hydrogen-bond acceptors (Lipinski definition) is 4. The highest BCUT2D eigenvalue weighted by molar-refractivity contribution is 5.86. The van der Waals surface area contributed by atoms with Crippen molar-refractivity contribution in [2.24, 2.45) is 0 Å². The Morgan fingerprint density at radius 3 is 2.29 bits per heavy atom. The fourth-order valence-corrected chi connectivity index (χ4v) is 4.09. The van der Waals surface area contributed by atoms with Crippen molar-refractivity contribution in [2.75, 3.05) is 13.2 Å². The highest BCUT2D eigenvalue weighted by Gasteiger charge is 2.10.